The van der Waals surface area contributed by atoms with Crippen LogP contribution in [0.3, 0.4) is 0 Å². The highest BCUT2D eigenvalue weighted by Gasteiger charge is 2.11. The number of thiophene rings is 1. The molecule has 84 valence electrons. The molecule has 2 nitrogen and oxygen atoms in total. The average molecular weight is 225 g/mol. The number of hydrogen-bond donors (Lipinski definition) is 1. The summed E-state index contributed by atoms with van der Waals surface area (Å²) in [6, 6.07) is 2.82. The first-order chi connectivity index (χ1) is 7.45. The van der Waals surface area contributed by atoms with Crippen LogP contribution in [0.1, 0.15) is 31.2 Å². The Hall–Kier alpha value is -0.380. The van der Waals surface area contributed by atoms with Crippen LogP contribution in [-0.2, 0) is 11.3 Å². The maximum atomic E-state index is 5.65. The maximum Gasteiger partial charge on any atom is 0.0724 e. The van der Waals surface area contributed by atoms with Crippen molar-refractivity contribution < 1.29 is 4.74 Å². The molecule has 3 heteroatoms. The molecule has 1 aliphatic heterocycles. The fourth-order valence-corrected chi connectivity index (χ4v) is 2.61. The van der Waals surface area contributed by atoms with Crippen LogP contribution in [0.15, 0.2) is 16.8 Å². The van der Waals surface area contributed by atoms with E-state index in [1.54, 1.807) is 11.3 Å². The third kappa shape index (κ3) is 3.93. The van der Waals surface area contributed by atoms with Gasteiger partial charge in [0.1, 0.15) is 0 Å². The van der Waals surface area contributed by atoms with Crippen LogP contribution in [-0.4, -0.2) is 19.2 Å². The van der Waals surface area contributed by atoms with E-state index in [0.29, 0.717) is 6.04 Å². The zero-order valence-electron chi connectivity index (χ0n) is 9.08. The zero-order valence-corrected chi connectivity index (χ0v) is 9.89. The Kier molecular flexibility index (Phi) is 4.64. The van der Waals surface area contributed by atoms with E-state index in [0.717, 1.165) is 19.6 Å². The molecular weight excluding hydrogens is 206 g/mol. The summed E-state index contributed by atoms with van der Waals surface area (Å²) in [6.45, 7) is 2.85. The van der Waals surface area contributed by atoms with Gasteiger partial charge in [0.05, 0.1) is 6.61 Å². The molecule has 0 radical (unpaired) electrons. The van der Waals surface area contributed by atoms with Crippen LogP contribution in [0.2, 0.25) is 0 Å². The standard InChI is InChI=1S/C12H19NOS/c1-2-6-13-12(3-1)4-7-14-9-11-5-8-15-10-11/h5,8,10,12-13H,1-4,6-7,9H2. The number of nitrogens with one attached hydrogen (secondary N) is 1. The van der Waals surface area contributed by atoms with Crippen molar-refractivity contribution in [1.29, 1.82) is 0 Å². The van der Waals surface area contributed by atoms with E-state index in [2.05, 4.69) is 22.1 Å². The Morgan fingerprint density at radius 2 is 2.47 bits per heavy atom. The van der Waals surface area contributed by atoms with Gasteiger partial charge in [0, 0.05) is 12.6 Å². The molecule has 0 aromatic carbocycles. The van der Waals surface area contributed by atoms with Gasteiger partial charge in [-0.15, -0.1) is 0 Å². The van der Waals surface area contributed by atoms with Crippen molar-refractivity contribution in [2.75, 3.05) is 13.2 Å². The Morgan fingerprint density at radius 3 is 3.20 bits per heavy atom. The highest BCUT2D eigenvalue weighted by atomic mass is 32.1. The lowest BCUT2D eigenvalue weighted by atomic mass is 10.0. The van der Waals surface area contributed by atoms with Gasteiger partial charge < -0.3 is 10.1 Å². The lowest BCUT2D eigenvalue weighted by molar-refractivity contribution is 0.108. The SMILES string of the molecule is c1cc(COCCC2CCCCN2)cs1. The van der Waals surface area contributed by atoms with Crippen LogP contribution in [0.4, 0.5) is 0 Å². The largest absolute Gasteiger partial charge is 0.377 e. The van der Waals surface area contributed by atoms with Gasteiger partial charge in [-0.3, -0.25) is 0 Å². The summed E-state index contributed by atoms with van der Waals surface area (Å²) in [6.07, 6.45) is 5.19. The Bertz CT molecular complexity index is 255. The van der Waals surface area contributed by atoms with E-state index in [1.165, 1.54) is 31.4 Å². The van der Waals surface area contributed by atoms with E-state index in [-0.39, 0.29) is 0 Å². The first-order valence-corrected chi connectivity index (χ1v) is 6.71. The predicted molar refractivity (Wildman–Crippen MR) is 64.2 cm³/mol. The minimum atomic E-state index is 0.696. The van der Waals surface area contributed by atoms with E-state index < -0.39 is 0 Å². The zero-order chi connectivity index (χ0) is 10.3. The molecule has 0 bridgehead atoms. The number of rotatable bonds is 5. The van der Waals surface area contributed by atoms with Crippen molar-refractivity contribution in [3.05, 3.63) is 22.4 Å². The summed E-state index contributed by atoms with van der Waals surface area (Å²) in [5, 5.41) is 7.79. The van der Waals surface area contributed by atoms with E-state index in [4.69, 9.17) is 4.74 Å². The van der Waals surface area contributed by atoms with Crippen LogP contribution >= 0.6 is 11.3 Å². The first-order valence-electron chi connectivity index (χ1n) is 5.77. The minimum Gasteiger partial charge on any atom is -0.377 e. The topological polar surface area (TPSA) is 21.3 Å². The molecule has 0 saturated carbocycles. The summed E-state index contributed by atoms with van der Waals surface area (Å²) in [5.74, 6) is 0. The normalized spacial score (nSPS) is 21.7. The smallest absolute Gasteiger partial charge is 0.0724 e. The van der Waals surface area contributed by atoms with Crippen molar-refractivity contribution in [2.24, 2.45) is 0 Å². The summed E-state index contributed by atoms with van der Waals surface area (Å²) < 4.78 is 5.65. The van der Waals surface area contributed by atoms with Crippen LogP contribution in [0, 0.1) is 0 Å². The van der Waals surface area contributed by atoms with Crippen molar-refractivity contribution in [1.82, 2.24) is 5.32 Å². The fraction of sp³-hybridized carbons (Fsp3) is 0.667. The molecule has 1 saturated heterocycles. The van der Waals surface area contributed by atoms with Crippen LogP contribution in [0.25, 0.3) is 0 Å². The Morgan fingerprint density at radius 1 is 1.47 bits per heavy atom. The van der Waals surface area contributed by atoms with Gasteiger partial charge in [0.25, 0.3) is 0 Å². The predicted octanol–water partition coefficient (Wildman–Crippen LogP) is 2.80. The summed E-state index contributed by atoms with van der Waals surface area (Å²) in [7, 11) is 0. The molecule has 1 aromatic rings. The second-order valence-electron chi connectivity index (χ2n) is 4.12. The van der Waals surface area contributed by atoms with Crippen molar-refractivity contribution >= 4 is 11.3 Å². The molecule has 0 amide bonds. The lowest BCUT2D eigenvalue weighted by Crippen LogP contribution is -2.34. The number of ether oxygens (including phenoxy) is 1. The van der Waals surface area contributed by atoms with Gasteiger partial charge in [-0.25, -0.2) is 0 Å². The second kappa shape index (κ2) is 6.26. The molecule has 1 fully saturated rings. The fourth-order valence-electron chi connectivity index (χ4n) is 1.96. The van der Waals surface area contributed by atoms with Gasteiger partial charge in [-0.2, -0.15) is 11.3 Å². The van der Waals surface area contributed by atoms with Crippen LogP contribution < -0.4 is 5.32 Å². The Labute approximate surface area is 95.6 Å². The molecule has 0 aliphatic carbocycles. The van der Waals surface area contributed by atoms with Gasteiger partial charge in [0.2, 0.25) is 0 Å². The molecule has 1 aliphatic rings. The highest BCUT2D eigenvalue weighted by molar-refractivity contribution is 7.07. The Balaban J connectivity index is 1.54. The van der Waals surface area contributed by atoms with E-state index in [1.807, 2.05) is 0 Å². The third-order valence-corrected chi connectivity index (χ3v) is 3.60. The molecular formula is C12H19NOS. The van der Waals surface area contributed by atoms with Crippen molar-refractivity contribution in [3.63, 3.8) is 0 Å². The lowest BCUT2D eigenvalue weighted by Gasteiger charge is -2.23. The van der Waals surface area contributed by atoms with Gasteiger partial charge >= 0.3 is 0 Å². The quantitative estimate of drug-likeness (QED) is 0.778. The summed E-state index contributed by atoms with van der Waals surface area (Å²) in [5.41, 5.74) is 1.30. The maximum absolute atomic E-state index is 5.65. The van der Waals surface area contributed by atoms with Gasteiger partial charge in [-0.1, -0.05) is 6.42 Å². The van der Waals surface area contributed by atoms with Crippen molar-refractivity contribution in [2.45, 2.75) is 38.3 Å². The molecule has 1 aromatic heterocycles. The first kappa shape index (κ1) is 11.1. The number of hydrogen-bond acceptors (Lipinski definition) is 3. The number of piperidine rings is 1. The van der Waals surface area contributed by atoms with Gasteiger partial charge in [-0.05, 0) is 48.2 Å². The highest BCUT2D eigenvalue weighted by Crippen LogP contribution is 2.11. The summed E-state index contributed by atoms with van der Waals surface area (Å²) in [4.78, 5) is 0. The summed E-state index contributed by atoms with van der Waals surface area (Å²) >= 11 is 1.73. The monoisotopic (exact) mass is 225 g/mol. The second-order valence-corrected chi connectivity index (χ2v) is 4.90. The van der Waals surface area contributed by atoms with E-state index in [9.17, 15) is 0 Å². The molecule has 1 N–H and O–H groups in total. The molecule has 15 heavy (non-hydrogen) atoms. The van der Waals surface area contributed by atoms with E-state index >= 15 is 0 Å². The molecule has 2 heterocycles. The van der Waals surface area contributed by atoms with Crippen molar-refractivity contribution in [3.8, 4) is 0 Å². The average Bonchev–Trinajstić information content (AvgIpc) is 2.79. The van der Waals surface area contributed by atoms with Crippen LogP contribution in [0.5, 0.6) is 0 Å². The molecule has 1 unspecified atom stereocenters. The third-order valence-electron chi connectivity index (χ3n) is 2.87. The molecule has 1 atom stereocenters. The van der Waals surface area contributed by atoms with Gasteiger partial charge in [0.15, 0.2) is 0 Å². The molecule has 0 spiro atoms. The minimum absolute atomic E-state index is 0.696. The molecule has 2 rings (SSSR count).